The van der Waals surface area contributed by atoms with Crippen molar-refractivity contribution in [2.24, 2.45) is 5.92 Å². The number of carbonyl (C=O) groups excluding carboxylic acids is 1. The van der Waals surface area contributed by atoms with Crippen LogP contribution in [-0.4, -0.2) is 32.2 Å². The number of carboxylic acids is 1. The van der Waals surface area contributed by atoms with Crippen LogP contribution in [0, 0.1) is 5.92 Å². The van der Waals surface area contributed by atoms with Crippen molar-refractivity contribution in [1.29, 1.82) is 0 Å². The molecule has 0 radical (unpaired) electrons. The van der Waals surface area contributed by atoms with Crippen molar-refractivity contribution in [1.82, 2.24) is 4.90 Å². The number of nitrogens with zero attached hydrogens (tertiary/aromatic N) is 1. The summed E-state index contributed by atoms with van der Waals surface area (Å²) in [4.78, 5) is 26.0. The van der Waals surface area contributed by atoms with E-state index in [2.05, 4.69) is 0 Å². The molecule has 1 aromatic heterocycles. The third-order valence-electron chi connectivity index (χ3n) is 4.22. The molecule has 1 aromatic carbocycles. The maximum atomic E-state index is 12.8. The molecule has 1 fully saturated rings. The molecule has 2 aromatic rings. The van der Waals surface area contributed by atoms with Gasteiger partial charge in [-0.1, -0.05) is 61.0 Å². The summed E-state index contributed by atoms with van der Waals surface area (Å²) in [6.45, 7) is 3.80. The number of rotatable bonds is 6. The van der Waals surface area contributed by atoms with Crippen LogP contribution in [0.2, 0.25) is 10.0 Å². The lowest BCUT2D eigenvalue weighted by Gasteiger charge is -2.24. The van der Waals surface area contributed by atoms with Crippen LogP contribution in [0.1, 0.15) is 26.0 Å². The van der Waals surface area contributed by atoms with E-state index >= 15 is 0 Å². The molecule has 0 unspecified atom stereocenters. The molecule has 1 atom stereocenters. The van der Waals surface area contributed by atoms with E-state index in [0.717, 1.165) is 17.3 Å². The molecule has 2 heterocycles. The summed E-state index contributed by atoms with van der Waals surface area (Å²) in [5.74, 6) is -0.393. The van der Waals surface area contributed by atoms with E-state index in [0.29, 0.717) is 32.9 Å². The third-order valence-corrected chi connectivity index (χ3v) is 6.29. The molecule has 3 rings (SSSR count). The molecule has 1 aliphatic heterocycles. The number of benzene rings is 1. The second kappa shape index (κ2) is 8.92. The fraction of sp³-hybridized carbons (Fsp3) is 0.250. The first-order valence-electron chi connectivity index (χ1n) is 8.72. The highest BCUT2D eigenvalue weighted by molar-refractivity contribution is 8.26. The number of halogens is 2. The molecule has 9 heteroatoms. The summed E-state index contributed by atoms with van der Waals surface area (Å²) in [6.07, 6.45) is 1.88. The van der Waals surface area contributed by atoms with Gasteiger partial charge in [0.2, 0.25) is 0 Å². The van der Waals surface area contributed by atoms with Crippen molar-refractivity contribution in [3.05, 3.63) is 51.0 Å². The molecule has 29 heavy (non-hydrogen) atoms. The van der Waals surface area contributed by atoms with Gasteiger partial charge >= 0.3 is 5.97 Å². The summed E-state index contributed by atoms with van der Waals surface area (Å²) in [5.41, 5.74) is 0.745. The first-order valence-corrected chi connectivity index (χ1v) is 10.7. The van der Waals surface area contributed by atoms with Crippen LogP contribution in [0.25, 0.3) is 17.4 Å². The van der Waals surface area contributed by atoms with Crippen molar-refractivity contribution in [3.8, 4) is 11.3 Å². The zero-order valence-corrected chi connectivity index (χ0v) is 18.7. The highest BCUT2D eigenvalue weighted by Crippen LogP contribution is 2.36. The quantitative estimate of drug-likeness (QED) is 0.415. The number of carboxylic acid groups (broad SMARTS) is 1. The first-order chi connectivity index (χ1) is 13.7. The lowest BCUT2D eigenvalue weighted by atomic mass is 10.0. The van der Waals surface area contributed by atoms with Gasteiger partial charge in [-0.05, 0) is 42.7 Å². The van der Waals surface area contributed by atoms with Crippen LogP contribution in [0.15, 0.2) is 39.7 Å². The monoisotopic (exact) mass is 469 g/mol. The van der Waals surface area contributed by atoms with Gasteiger partial charge in [0.15, 0.2) is 0 Å². The van der Waals surface area contributed by atoms with Crippen molar-refractivity contribution >= 4 is 69.5 Å². The topological polar surface area (TPSA) is 70.8 Å². The minimum atomic E-state index is -1.07. The summed E-state index contributed by atoms with van der Waals surface area (Å²) in [7, 11) is 0. The first kappa shape index (κ1) is 21.9. The van der Waals surface area contributed by atoms with E-state index < -0.39 is 17.9 Å². The molecule has 0 aliphatic carbocycles. The standard InChI is InChI=1S/C20H17Cl2NO4S2/c1-10(2)7-15(19(25)26)23-18(24)17(29-20(23)28)9-12-4-6-16(27-12)11-3-5-13(21)14(22)8-11/h3-6,8-10,15H,7H2,1-2H3,(H,25,26)/b17-9+/t15-/m1/s1. The summed E-state index contributed by atoms with van der Waals surface area (Å²) >= 11 is 18.3. The summed E-state index contributed by atoms with van der Waals surface area (Å²) in [6, 6.07) is 7.62. The molecule has 0 spiro atoms. The van der Waals surface area contributed by atoms with Gasteiger partial charge in [0.1, 0.15) is 21.9 Å². The van der Waals surface area contributed by atoms with Gasteiger partial charge < -0.3 is 9.52 Å². The smallest absolute Gasteiger partial charge is 0.326 e. The Morgan fingerprint density at radius 3 is 2.62 bits per heavy atom. The Labute approximate surface area is 187 Å². The van der Waals surface area contributed by atoms with Crippen LogP contribution >= 0.6 is 47.2 Å². The van der Waals surface area contributed by atoms with Crippen molar-refractivity contribution in [3.63, 3.8) is 0 Å². The number of aliphatic carboxylic acids is 1. The van der Waals surface area contributed by atoms with Crippen LogP contribution in [0.5, 0.6) is 0 Å². The Kier molecular flexibility index (Phi) is 6.73. The molecular weight excluding hydrogens is 453 g/mol. The summed E-state index contributed by atoms with van der Waals surface area (Å²) in [5, 5.41) is 10.4. The highest BCUT2D eigenvalue weighted by atomic mass is 35.5. The lowest BCUT2D eigenvalue weighted by molar-refractivity contribution is -0.145. The van der Waals surface area contributed by atoms with Gasteiger partial charge in [0.05, 0.1) is 15.0 Å². The highest BCUT2D eigenvalue weighted by Gasteiger charge is 2.40. The SMILES string of the molecule is CC(C)C[C@H](C(=O)O)N1C(=O)/C(=C\c2ccc(-c3ccc(Cl)c(Cl)c3)o2)SC1=S. The van der Waals surface area contributed by atoms with E-state index in [4.69, 9.17) is 39.8 Å². The second-order valence-corrected chi connectivity index (χ2v) is 9.36. The maximum Gasteiger partial charge on any atom is 0.326 e. The van der Waals surface area contributed by atoms with Gasteiger partial charge in [0, 0.05) is 11.6 Å². The van der Waals surface area contributed by atoms with Crippen molar-refractivity contribution in [2.75, 3.05) is 0 Å². The predicted octanol–water partition coefficient (Wildman–Crippen LogP) is 5.95. The number of hydrogen-bond acceptors (Lipinski definition) is 5. The summed E-state index contributed by atoms with van der Waals surface area (Å²) < 4.78 is 6.02. The largest absolute Gasteiger partial charge is 0.480 e. The van der Waals surface area contributed by atoms with Crippen LogP contribution in [0.4, 0.5) is 0 Å². The van der Waals surface area contributed by atoms with E-state index in [-0.39, 0.29) is 10.2 Å². The van der Waals surface area contributed by atoms with E-state index in [1.54, 1.807) is 36.4 Å². The molecule has 1 amide bonds. The van der Waals surface area contributed by atoms with Crippen LogP contribution in [-0.2, 0) is 9.59 Å². The van der Waals surface area contributed by atoms with Crippen molar-refractivity contribution < 1.29 is 19.1 Å². The van der Waals surface area contributed by atoms with Crippen LogP contribution < -0.4 is 0 Å². The van der Waals surface area contributed by atoms with Crippen molar-refractivity contribution in [2.45, 2.75) is 26.3 Å². The van der Waals surface area contributed by atoms with Gasteiger partial charge in [0.25, 0.3) is 5.91 Å². The Hall–Kier alpha value is -1.80. The molecule has 0 saturated carbocycles. The minimum absolute atomic E-state index is 0.101. The van der Waals surface area contributed by atoms with Gasteiger partial charge in [-0.15, -0.1) is 0 Å². The predicted molar refractivity (Wildman–Crippen MR) is 120 cm³/mol. The molecule has 152 valence electrons. The second-order valence-electron chi connectivity index (χ2n) is 6.87. The number of amides is 1. The minimum Gasteiger partial charge on any atom is -0.480 e. The molecule has 1 N–H and O–H groups in total. The molecular formula is C20H17Cl2NO4S2. The van der Waals surface area contributed by atoms with Gasteiger partial charge in [-0.2, -0.15) is 0 Å². The Morgan fingerprint density at radius 2 is 2.00 bits per heavy atom. The van der Waals surface area contributed by atoms with Gasteiger partial charge in [-0.3, -0.25) is 9.69 Å². The number of hydrogen-bond donors (Lipinski definition) is 1. The molecule has 0 bridgehead atoms. The number of furan rings is 1. The maximum absolute atomic E-state index is 12.8. The number of thioether (sulfide) groups is 1. The Bertz CT molecular complexity index is 1020. The normalized spacial score (nSPS) is 16.9. The number of thiocarbonyl (C=S) groups is 1. The lowest BCUT2D eigenvalue weighted by Crippen LogP contribution is -2.44. The fourth-order valence-electron chi connectivity index (χ4n) is 2.88. The Balaban J connectivity index is 1.85. The molecule has 1 saturated heterocycles. The average molecular weight is 470 g/mol. The fourth-order valence-corrected chi connectivity index (χ4v) is 4.51. The van der Waals surface area contributed by atoms with E-state index in [1.165, 1.54) is 4.90 Å². The zero-order valence-electron chi connectivity index (χ0n) is 15.5. The van der Waals surface area contributed by atoms with Crippen LogP contribution in [0.3, 0.4) is 0 Å². The third kappa shape index (κ3) is 4.86. The van der Waals surface area contributed by atoms with E-state index in [1.807, 2.05) is 13.8 Å². The average Bonchev–Trinajstić information content (AvgIpc) is 3.20. The molecule has 1 aliphatic rings. The zero-order chi connectivity index (χ0) is 21.3. The Morgan fingerprint density at radius 1 is 1.28 bits per heavy atom. The van der Waals surface area contributed by atoms with E-state index in [9.17, 15) is 14.7 Å². The molecule has 5 nitrogen and oxygen atoms in total. The van der Waals surface area contributed by atoms with Gasteiger partial charge in [-0.25, -0.2) is 4.79 Å². The number of carbonyl (C=O) groups is 2.